The van der Waals surface area contributed by atoms with E-state index in [1.807, 2.05) is 18.5 Å². The van der Waals surface area contributed by atoms with Gasteiger partial charge in [0.05, 0.1) is 24.0 Å². The second-order valence-corrected chi connectivity index (χ2v) is 4.60. The fourth-order valence-corrected chi connectivity index (χ4v) is 2.02. The van der Waals surface area contributed by atoms with Crippen molar-refractivity contribution in [3.8, 4) is 0 Å². The molecule has 1 aromatic rings. The monoisotopic (exact) mass is 209 g/mol. The van der Waals surface area contributed by atoms with E-state index >= 15 is 0 Å². The fourth-order valence-electron chi connectivity index (χ4n) is 2.02. The van der Waals surface area contributed by atoms with Crippen LogP contribution < -0.4 is 0 Å². The molecule has 0 radical (unpaired) electrons. The van der Waals surface area contributed by atoms with E-state index in [0.29, 0.717) is 13.2 Å². The SMILES string of the molecule is CC(C)(C(=O)O)C1(c2cc[nH]c2)COC1. The topological polar surface area (TPSA) is 62.3 Å². The summed E-state index contributed by atoms with van der Waals surface area (Å²) in [5.41, 5.74) is -0.187. The first kappa shape index (κ1) is 10.2. The maximum atomic E-state index is 11.3. The van der Waals surface area contributed by atoms with Gasteiger partial charge in [-0.25, -0.2) is 0 Å². The maximum absolute atomic E-state index is 11.3. The van der Waals surface area contributed by atoms with E-state index in [4.69, 9.17) is 4.74 Å². The molecule has 4 nitrogen and oxygen atoms in total. The first-order valence-electron chi connectivity index (χ1n) is 4.95. The van der Waals surface area contributed by atoms with E-state index in [-0.39, 0.29) is 0 Å². The summed E-state index contributed by atoms with van der Waals surface area (Å²) >= 11 is 0. The molecule has 0 spiro atoms. The first-order valence-corrected chi connectivity index (χ1v) is 4.95. The van der Waals surface area contributed by atoms with Gasteiger partial charge in [0.25, 0.3) is 0 Å². The number of nitrogens with one attached hydrogen (secondary N) is 1. The number of carboxylic acid groups (broad SMARTS) is 1. The third kappa shape index (κ3) is 1.21. The predicted molar refractivity (Wildman–Crippen MR) is 54.7 cm³/mol. The Kier molecular flexibility index (Phi) is 2.12. The fraction of sp³-hybridized carbons (Fsp3) is 0.545. The number of ether oxygens (including phenoxy) is 1. The molecule has 1 aliphatic heterocycles. The van der Waals surface area contributed by atoms with Gasteiger partial charge < -0.3 is 14.8 Å². The first-order chi connectivity index (χ1) is 7.01. The van der Waals surface area contributed by atoms with Gasteiger partial charge >= 0.3 is 5.97 Å². The molecule has 0 atom stereocenters. The van der Waals surface area contributed by atoms with Gasteiger partial charge in [0.1, 0.15) is 0 Å². The quantitative estimate of drug-likeness (QED) is 0.790. The molecule has 4 heteroatoms. The van der Waals surface area contributed by atoms with Gasteiger partial charge in [0.15, 0.2) is 0 Å². The van der Waals surface area contributed by atoms with Crippen LogP contribution in [-0.2, 0) is 14.9 Å². The second-order valence-electron chi connectivity index (χ2n) is 4.60. The van der Waals surface area contributed by atoms with Crippen molar-refractivity contribution in [2.24, 2.45) is 5.41 Å². The van der Waals surface area contributed by atoms with Crippen LogP contribution in [0.2, 0.25) is 0 Å². The van der Waals surface area contributed by atoms with Crippen molar-refractivity contribution in [2.75, 3.05) is 13.2 Å². The molecule has 2 N–H and O–H groups in total. The van der Waals surface area contributed by atoms with Crippen molar-refractivity contribution >= 4 is 5.97 Å². The molecule has 2 heterocycles. The smallest absolute Gasteiger partial charge is 0.310 e. The van der Waals surface area contributed by atoms with Crippen molar-refractivity contribution < 1.29 is 14.6 Å². The molecular weight excluding hydrogens is 194 g/mol. The van der Waals surface area contributed by atoms with Crippen LogP contribution in [0, 0.1) is 5.41 Å². The molecule has 0 unspecified atom stereocenters. The zero-order valence-electron chi connectivity index (χ0n) is 8.91. The van der Waals surface area contributed by atoms with E-state index < -0.39 is 16.8 Å². The van der Waals surface area contributed by atoms with E-state index in [2.05, 4.69) is 4.98 Å². The number of aromatic amines is 1. The van der Waals surface area contributed by atoms with Crippen molar-refractivity contribution in [1.29, 1.82) is 0 Å². The Hall–Kier alpha value is -1.29. The highest BCUT2D eigenvalue weighted by atomic mass is 16.5. The molecular formula is C11H15NO3. The molecule has 1 saturated heterocycles. The van der Waals surface area contributed by atoms with E-state index in [9.17, 15) is 9.90 Å². The minimum atomic E-state index is -0.812. The average molecular weight is 209 g/mol. The Morgan fingerprint density at radius 3 is 2.60 bits per heavy atom. The van der Waals surface area contributed by atoms with Crippen LogP contribution in [0.3, 0.4) is 0 Å². The number of rotatable bonds is 3. The standard InChI is InChI=1S/C11H15NO3/c1-10(2,9(13)14)11(6-15-7-11)8-3-4-12-5-8/h3-5,12H,6-7H2,1-2H3,(H,13,14). The molecule has 0 bridgehead atoms. The Morgan fingerprint density at radius 2 is 2.27 bits per heavy atom. The molecule has 15 heavy (non-hydrogen) atoms. The van der Waals surface area contributed by atoms with Gasteiger partial charge in [-0.2, -0.15) is 0 Å². The predicted octanol–water partition coefficient (Wildman–Crippen LogP) is 1.39. The largest absolute Gasteiger partial charge is 0.481 e. The zero-order valence-corrected chi connectivity index (χ0v) is 8.91. The van der Waals surface area contributed by atoms with Crippen LogP contribution in [0.25, 0.3) is 0 Å². The van der Waals surface area contributed by atoms with Crippen LogP contribution >= 0.6 is 0 Å². The van der Waals surface area contributed by atoms with Crippen LogP contribution in [0.15, 0.2) is 18.5 Å². The summed E-state index contributed by atoms with van der Waals surface area (Å²) < 4.78 is 5.22. The minimum Gasteiger partial charge on any atom is -0.481 e. The molecule has 1 aromatic heterocycles. The zero-order chi connectivity index (χ0) is 11.1. The van der Waals surface area contributed by atoms with Crippen molar-refractivity contribution in [1.82, 2.24) is 4.98 Å². The lowest BCUT2D eigenvalue weighted by molar-refractivity contribution is -0.171. The van der Waals surface area contributed by atoms with E-state index in [1.165, 1.54) is 0 Å². The highest BCUT2D eigenvalue weighted by Gasteiger charge is 2.56. The van der Waals surface area contributed by atoms with Gasteiger partial charge in [0, 0.05) is 12.4 Å². The Labute approximate surface area is 88.3 Å². The molecule has 0 saturated carbocycles. The summed E-state index contributed by atoms with van der Waals surface area (Å²) in [7, 11) is 0. The molecule has 1 fully saturated rings. The number of aromatic nitrogens is 1. The highest BCUT2D eigenvalue weighted by molar-refractivity contribution is 5.76. The molecule has 82 valence electrons. The second kappa shape index (κ2) is 3.10. The normalized spacial score (nSPS) is 19.6. The van der Waals surface area contributed by atoms with Crippen LogP contribution in [0.1, 0.15) is 19.4 Å². The number of hydrogen-bond donors (Lipinski definition) is 2. The average Bonchev–Trinajstić information content (AvgIpc) is 2.54. The summed E-state index contributed by atoms with van der Waals surface area (Å²) in [6, 6.07) is 1.92. The van der Waals surface area contributed by atoms with E-state index in [0.717, 1.165) is 5.56 Å². The maximum Gasteiger partial charge on any atom is 0.310 e. The summed E-state index contributed by atoms with van der Waals surface area (Å²) in [5, 5.41) is 9.27. The van der Waals surface area contributed by atoms with Crippen LogP contribution in [0.5, 0.6) is 0 Å². The highest BCUT2D eigenvalue weighted by Crippen LogP contribution is 2.47. The van der Waals surface area contributed by atoms with Crippen LogP contribution in [0.4, 0.5) is 0 Å². The Balaban J connectivity index is 2.42. The number of carbonyl (C=O) groups is 1. The molecule has 0 amide bonds. The molecule has 0 aromatic carbocycles. The third-order valence-corrected chi connectivity index (χ3v) is 3.58. The number of hydrogen-bond acceptors (Lipinski definition) is 2. The van der Waals surface area contributed by atoms with E-state index in [1.54, 1.807) is 13.8 Å². The lowest BCUT2D eigenvalue weighted by Gasteiger charge is -2.49. The lowest BCUT2D eigenvalue weighted by atomic mass is 9.61. The molecule has 0 aliphatic carbocycles. The van der Waals surface area contributed by atoms with Gasteiger partial charge in [0.2, 0.25) is 0 Å². The number of carboxylic acids is 1. The van der Waals surface area contributed by atoms with Gasteiger partial charge in [-0.05, 0) is 25.5 Å². The summed E-state index contributed by atoms with van der Waals surface area (Å²) in [4.78, 5) is 14.3. The summed E-state index contributed by atoms with van der Waals surface area (Å²) in [6.45, 7) is 4.46. The molecule has 1 aliphatic rings. The molecule has 2 rings (SSSR count). The third-order valence-electron chi connectivity index (χ3n) is 3.58. The Bertz CT molecular complexity index is 363. The van der Waals surface area contributed by atoms with Gasteiger partial charge in [-0.3, -0.25) is 4.79 Å². The number of aliphatic carboxylic acids is 1. The van der Waals surface area contributed by atoms with Gasteiger partial charge in [-0.1, -0.05) is 0 Å². The lowest BCUT2D eigenvalue weighted by Crippen LogP contribution is -2.59. The van der Waals surface area contributed by atoms with Crippen molar-refractivity contribution in [3.63, 3.8) is 0 Å². The summed E-state index contributed by atoms with van der Waals surface area (Å²) in [5.74, 6) is -0.785. The number of H-pyrrole nitrogens is 1. The summed E-state index contributed by atoms with van der Waals surface area (Å²) in [6.07, 6.45) is 3.67. The van der Waals surface area contributed by atoms with Crippen molar-refractivity contribution in [3.05, 3.63) is 24.0 Å². The van der Waals surface area contributed by atoms with Crippen LogP contribution in [-0.4, -0.2) is 29.3 Å². The van der Waals surface area contributed by atoms with Crippen molar-refractivity contribution in [2.45, 2.75) is 19.3 Å². The Morgan fingerprint density at radius 1 is 1.60 bits per heavy atom. The minimum absolute atomic E-state index is 0.390. The van der Waals surface area contributed by atoms with Gasteiger partial charge in [-0.15, -0.1) is 0 Å².